The zero-order chi connectivity index (χ0) is 21.1. The minimum absolute atomic E-state index is 0.0276. The molecule has 2 amide bonds. The molecule has 2 aromatic rings. The molecule has 2 aromatic carbocycles. The molecule has 4 nitrogen and oxygen atoms in total. The Kier molecular flexibility index (Phi) is 6.91. The van der Waals surface area contributed by atoms with Crippen LogP contribution in [0.3, 0.4) is 0 Å². The number of amides is 2. The Balaban J connectivity index is 1.33. The predicted molar refractivity (Wildman–Crippen MR) is 122 cm³/mol. The Hall–Kier alpha value is -1.69. The SMILES string of the molecule is O=C(NC1CC1)C1CCN(C(=O)c2cccc(CSc3cc(Cl)ccc3Cl)c2)CC1. The maximum atomic E-state index is 13.0. The van der Waals surface area contributed by atoms with Gasteiger partial charge in [-0.1, -0.05) is 35.3 Å². The lowest BCUT2D eigenvalue weighted by molar-refractivity contribution is -0.126. The van der Waals surface area contributed by atoms with Crippen molar-refractivity contribution in [2.24, 2.45) is 5.92 Å². The molecule has 0 spiro atoms. The fourth-order valence-corrected chi connectivity index (χ4v) is 5.05. The molecule has 7 heteroatoms. The van der Waals surface area contributed by atoms with Crippen LogP contribution in [0.1, 0.15) is 41.6 Å². The molecule has 30 heavy (non-hydrogen) atoms. The van der Waals surface area contributed by atoms with Crippen LogP contribution in [0.25, 0.3) is 0 Å². The van der Waals surface area contributed by atoms with E-state index in [1.807, 2.05) is 35.2 Å². The number of rotatable bonds is 6. The summed E-state index contributed by atoms with van der Waals surface area (Å²) in [6, 6.07) is 13.5. The highest BCUT2D eigenvalue weighted by atomic mass is 35.5. The maximum absolute atomic E-state index is 13.0. The van der Waals surface area contributed by atoms with Crippen molar-refractivity contribution >= 4 is 46.8 Å². The minimum atomic E-state index is 0.0276. The number of carbonyl (C=O) groups excluding carboxylic acids is 2. The molecule has 4 rings (SSSR count). The van der Waals surface area contributed by atoms with Gasteiger partial charge < -0.3 is 10.2 Å². The summed E-state index contributed by atoms with van der Waals surface area (Å²) < 4.78 is 0. The Morgan fingerprint density at radius 3 is 2.53 bits per heavy atom. The summed E-state index contributed by atoms with van der Waals surface area (Å²) in [7, 11) is 0. The average Bonchev–Trinajstić information content (AvgIpc) is 3.58. The molecule has 2 aliphatic rings. The van der Waals surface area contributed by atoms with Crippen molar-refractivity contribution in [1.82, 2.24) is 10.2 Å². The summed E-state index contributed by atoms with van der Waals surface area (Å²) in [5.41, 5.74) is 1.74. The standard InChI is InChI=1S/C23H24Cl2N2O2S/c24-18-4-7-20(25)21(13-18)30-14-15-2-1-3-17(12-15)23(29)27-10-8-16(9-11-27)22(28)26-19-5-6-19/h1-4,7,12-13,16,19H,5-6,8-11,14H2,(H,26,28). The first kappa shape index (κ1) is 21.5. The van der Waals surface area contributed by atoms with Gasteiger partial charge in [0.1, 0.15) is 0 Å². The summed E-state index contributed by atoms with van der Waals surface area (Å²) in [5.74, 6) is 0.914. The molecule has 0 atom stereocenters. The van der Waals surface area contributed by atoms with Gasteiger partial charge >= 0.3 is 0 Å². The van der Waals surface area contributed by atoms with Crippen LogP contribution in [0.15, 0.2) is 47.4 Å². The van der Waals surface area contributed by atoms with Gasteiger partial charge in [-0.3, -0.25) is 9.59 Å². The van der Waals surface area contributed by atoms with Crippen molar-refractivity contribution in [3.8, 4) is 0 Å². The highest BCUT2D eigenvalue weighted by Gasteiger charge is 2.31. The Morgan fingerprint density at radius 2 is 1.80 bits per heavy atom. The molecule has 2 fully saturated rings. The lowest BCUT2D eigenvalue weighted by atomic mass is 9.95. The van der Waals surface area contributed by atoms with Gasteiger partial charge in [0.05, 0.1) is 5.02 Å². The van der Waals surface area contributed by atoms with E-state index in [4.69, 9.17) is 23.2 Å². The molecule has 0 radical (unpaired) electrons. The first-order valence-electron chi connectivity index (χ1n) is 10.3. The van der Waals surface area contributed by atoms with E-state index < -0.39 is 0 Å². The van der Waals surface area contributed by atoms with E-state index in [-0.39, 0.29) is 17.7 Å². The molecule has 158 valence electrons. The number of piperidine rings is 1. The van der Waals surface area contributed by atoms with Crippen LogP contribution in [-0.2, 0) is 10.5 Å². The summed E-state index contributed by atoms with van der Waals surface area (Å²) in [6.07, 6.45) is 3.66. The zero-order valence-corrected chi connectivity index (χ0v) is 18.9. The average molecular weight is 463 g/mol. The molecule has 1 saturated carbocycles. The number of benzene rings is 2. The lowest BCUT2D eigenvalue weighted by Gasteiger charge is -2.31. The van der Waals surface area contributed by atoms with Gasteiger partial charge in [-0.05, 0) is 61.6 Å². The number of hydrogen-bond donors (Lipinski definition) is 1. The number of carbonyl (C=O) groups is 2. The van der Waals surface area contributed by atoms with E-state index >= 15 is 0 Å². The van der Waals surface area contributed by atoms with Gasteiger partial charge in [-0.15, -0.1) is 11.8 Å². The maximum Gasteiger partial charge on any atom is 0.253 e. The van der Waals surface area contributed by atoms with Crippen molar-refractivity contribution < 1.29 is 9.59 Å². The largest absolute Gasteiger partial charge is 0.353 e. The number of hydrogen-bond acceptors (Lipinski definition) is 3. The molecule has 1 aliphatic heterocycles. The summed E-state index contributed by atoms with van der Waals surface area (Å²) in [5, 5.41) is 4.40. The van der Waals surface area contributed by atoms with Crippen LogP contribution < -0.4 is 5.32 Å². The number of likely N-dealkylation sites (tertiary alicyclic amines) is 1. The van der Waals surface area contributed by atoms with Crippen molar-refractivity contribution in [3.05, 3.63) is 63.6 Å². The third-order valence-electron chi connectivity index (χ3n) is 5.54. The van der Waals surface area contributed by atoms with E-state index in [1.54, 1.807) is 23.9 Å². The molecular formula is C23H24Cl2N2O2S. The highest BCUT2D eigenvalue weighted by Crippen LogP contribution is 2.32. The fraction of sp³-hybridized carbons (Fsp3) is 0.391. The smallest absolute Gasteiger partial charge is 0.253 e. The van der Waals surface area contributed by atoms with Crippen molar-refractivity contribution in [3.63, 3.8) is 0 Å². The lowest BCUT2D eigenvalue weighted by Crippen LogP contribution is -2.43. The second kappa shape index (κ2) is 9.63. The molecule has 0 bridgehead atoms. The van der Waals surface area contributed by atoms with Crippen LogP contribution in [0, 0.1) is 5.92 Å². The number of thioether (sulfide) groups is 1. The molecule has 0 aromatic heterocycles. The molecule has 1 heterocycles. The van der Waals surface area contributed by atoms with Crippen molar-refractivity contribution in [1.29, 1.82) is 0 Å². The molecule has 0 unspecified atom stereocenters. The minimum Gasteiger partial charge on any atom is -0.353 e. The van der Waals surface area contributed by atoms with E-state index in [2.05, 4.69) is 5.32 Å². The number of nitrogens with zero attached hydrogens (tertiary/aromatic N) is 1. The first-order chi connectivity index (χ1) is 14.5. The van der Waals surface area contributed by atoms with E-state index in [0.717, 1.165) is 36.1 Å². The fourth-order valence-electron chi connectivity index (χ4n) is 3.62. The van der Waals surface area contributed by atoms with Gasteiger partial charge in [0.2, 0.25) is 5.91 Å². The Bertz CT molecular complexity index is 941. The zero-order valence-electron chi connectivity index (χ0n) is 16.6. The van der Waals surface area contributed by atoms with E-state index in [0.29, 0.717) is 40.5 Å². The Labute approximate surface area is 191 Å². The van der Waals surface area contributed by atoms with Gasteiger partial charge in [0, 0.05) is 46.3 Å². The van der Waals surface area contributed by atoms with Crippen LogP contribution in [0.4, 0.5) is 0 Å². The molecule has 1 saturated heterocycles. The normalized spacial score (nSPS) is 17.1. The van der Waals surface area contributed by atoms with Gasteiger partial charge in [0.25, 0.3) is 5.91 Å². The quantitative estimate of drug-likeness (QED) is 0.583. The van der Waals surface area contributed by atoms with Gasteiger partial charge in [-0.25, -0.2) is 0 Å². The molecule has 1 aliphatic carbocycles. The van der Waals surface area contributed by atoms with E-state index in [1.165, 1.54) is 0 Å². The summed E-state index contributed by atoms with van der Waals surface area (Å²) in [4.78, 5) is 28.0. The Morgan fingerprint density at radius 1 is 1.03 bits per heavy atom. The first-order valence-corrected chi connectivity index (χ1v) is 12.0. The topological polar surface area (TPSA) is 49.4 Å². The molecular weight excluding hydrogens is 439 g/mol. The second-order valence-electron chi connectivity index (χ2n) is 7.91. The third-order valence-corrected chi connectivity index (χ3v) is 7.34. The number of halogens is 2. The van der Waals surface area contributed by atoms with Crippen LogP contribution in [0.5, 0.6) is 0 Å². The van der Waals surface area contributed by atoms with Gasteiger partial charge in [0.15, 0.2) is 0 Å². The van der Waals surface area contributed by atoms with Crippen LogP contribution in [0.2, 0.25) is 10.0 Å². The molecule has 1 N–H and O–H groups in total. The second-order valence-corrected chi connectivity index (χ2v) is 9.77. The van der Waals surface area contributed by atoms with Gasteiger partial charge in [-0.2, -0.15) is 0 Å². The third kappa shape index (κ3) is 5.51. The van der Waals surface area contributed by atoms with Crippen molar-refractivity contribution in [2.45, 2.75) is 42.4 Å². The van der Waals surface area contributed by atoms with Crippen LogP contribution in [-0.4, -0.2) is 35.8 Å². The van der Waals surface area contributed by atoms with Crippen LogP contribution >= 0.6 is 35.0 Å². The summed E-state index contributed by atoms with van der Waals surface area (Å²) in [6.45, 7) is 1.25. The monoisotopic (exact) mass is 462 g/mol. The summed E-state index contributed by atoms with van der Waals surface area (Å²) >= 11 is 13.9. The predicted octanol–water partition coefficient (Wildman–Crippen LogP) is 5.42. The van der Waals surface area contributed by atoms with E-state index in [9.17, 15) is 9.59 Å². The number of nitrogens with one attached hydrogen (secondary N) is 1. The highest BCUT2D eigenvalue weighted by molar-refractivity contribution is 7.98. The van der Waals surface area contributed by atoms with Crippen molar-refractivity contribution in [2.75, 3.05) is 13.1 Å².